The topological polar surface area (TPSA) is 75.3 Å². The first-order chi connectivity index (χ1) is 8.29. The summed E-state index contributed by atoms with van der Waals surface area (Å²) in [6.07, 6.45) is 7.81. The molecule has 1 amide bonds. The van der Waals surface area contributed by atoms with Crippen LogP contribution < -0.4 is 11.1 Å². The Morgan fingerprint density at radius 3 is 2.39 bits per heavy atom. The van der Waals surface area contributed by atoms with Gasteiger partial charge in [0.1, 0.15) is 0 Å². The van der Waals surface area contributed by atoms with Gasteiger partial charge in [-0.3, -0.25) is 4.79 Å². The molecule has 104 valence electrons. The number of aliphatic hydroxyl groups is 1. The first-order valence-corrected chi connectivity index (χ1v) is 6.29. The number of hydrogen-bond donors (Lipinski definition) is 3. The minimum atomic E-state index is -0.546. The van der Waals surface area contributed by atoms with Gasteiger partial charge in [0, 0.05) is 0 Å². The molecule has 0 fully saturated rings. The highest BCUT2D eigenvalue weighted by atomic mass is 16.3. The second kappa shape index (κ2) is 8.06. The van der Waals surface area contributed by atoms with Gasteiger partial charge in [0.15, 0.2) is 0 Å². The zero-order chi connectivity index (χ0) is 14.2. The smallest absolute Gasteiger partial charge is 0.241 e. The number of carbonyl (C=O) groups excluding carboxylic acids is 1. The molecule has 0 aromatic carbocycles. The summed E-state index contributed by atoms with van der Waals surface area (Å²) < 4.78 is 0. The average Bonchev–Trinajstić information content (AvgIpc) is 2.29. The third-order valence-corrected chi connectivity index (χ3v) is 2.61. The minimum absolute atomic E-state index is 0.207. The van der Waals surface area contributed by atoms with Crippen molar-refractivity contribution in [2.24, 2.45) is 11.1 Å². The largest absolute Gasteiger partial charge is 0.392 e. The molecule has 4 nitrogen and oxygen atoms in total. The van der Waals surface area contributed by atoms with Crippen LogP contribution in [0.5, 0.6) is 0 Å². The summed E-state index contributed by atoms with van der Waals surface area (Å²) in [6.45, 7) is 7.67. The number of hydrogen-bond acceptors (Lipinski definition) is 3. The van der Waals surface area contributed by atoms with Gasteiger partial charge < -0.3 is 16.2 Å². The molecule has 0 bridgehead atoms. The fraction of sp³-hybridized carbons (Fsp3) is 0.643. The van der Waals surface area contributed by atoms with Crippen molar-refractivity contribution in [1.82, 2.24) is 5.32 Å². The van der Waals surface area contributed by atoms with Crippen LogP contribution in [0.25, 0.3) is 0 Å². The minimum Gasteiger partial charge on any atom is -0.392 e. The molecule has 0 radical (unpaired) electrons. The lowest BCUT2D eigenvalue weighted by molar-refractivity contribution is -0.123. The van der Waals surface area contributed by atoms with Crippen LogP contribution in [0.1, 0.15) is 40.5 Å². The van der Waals surface area contributed by atoms with Crippen molar-refractivity contribution >= 4 is 5.91 Å². The normalized spacial score (nSPS) is 16.1. The maximum Gasteiger partial charge on any atom is 0.241 e. The Morgan fingerprint density at radius 2 is 1.89 bits per heavy atom. The highest BCUT2D eigenvalue weighted by Gasteiger charge is 2.26. The Hall–Kier alpha value is -1.13. The van der Waals surface area contributed by atoms with Crippen molar-refractivity contribution < 1.29 is 9.90 Å². The van der Waals surface area contributed by atoms with E-state index in [0.717, 1.165) is 0 Å². The zero-order valence-electron chi connectivity index (χ0n) is 11.8. The molecule has 18 heavy (non-hydrogen) atoms. The van der Waals surface area contributed by atoms with Crippen molar-refractivity contribution in [3.63, 3.8) is 0 Å². The highest BCUT2D eigenvalue weighted by Crippen LogP contribution is 2.17. The van der Waals surface area contributed by atoms with Crippen LogP contribution in [0.4, 0.5) is 0 Å². The Bertz CT molecular complexity index is 303. The lowest BCUT2D eigenvalue weighted by atomic mass is 9.87. The van der Waals surface area contributed by atoms with Gasteiger partial charge >= 0.3 is 0 Å². The Labute approximate surface area is 110 Å². The van der Waals surface area contributed by atoms with E-state index in [-0.39, 0.29) is 11.3 Å². The molecule has 0 rings (SSSR count). The van der Waals surface area contributed by atoms with Gasteiger partial charge in [0.05, 0.1) is 12.1 Å². The van der Waals surface area contributed by atoms with E-state index in [2.05, 4.69) is 5.32 Å². The zero-order valence-corrected chi connectivity index (χ0v) is 11.8. The summed E-state index contributed by atoms with van der Waals surface area (Å²) in [7, 11) is 0. The van der Waals surface area contributed by atoms with E-state index in [1.54, 1.807) is 12.3 Å². The summed E-state index contributed by atoms with van der Waals surface area (Å²) in [5, 5.41) is 12.2. The molecule has 0 unspecified atom stereocenters. The number of allylic oxidation sites excluding steroid dienone is 1. The predicted octanol–water partition coefficient (Wildman–Crippen LogP) is 1.71. The quantitative estimate of drug-likeness (QED) is 0.632. The summed E-state index contributed by atoms with van der Waals surface area (Å²) in [5.74, 6) is -0.207. The summed E-state index contributed by atoms with van der Waals surface area (Å²) in [6, 6.07) is -0.546. The van der Waals surface area contributed by atoms with Crippen LogP contribution in [0, 0.1) is 5.41 Å². The number of aliphatic hydroxyl groups excluding tert-OH is 1. The van der Waals surface area contributed by atoms with Gasteiger partial charge in [-0.2, -0.15) is 0 Å². The first kappa shape index (κ1) is 16.9. The molecule has 0 aliphatic rings. The maximum absolute atomic E-state index is 11.6. The Kier molecular flexibility index (Phi) is 7.55. The lowest BCUT2D eigenvalue weighted by Gasteiger charge is -2.25. The molecule has 0 spiro atoms. The van der Waals surface area contributed by atoms with Gasteiger partial charge in [0.25, 0.3) is 0 Å². The number of carbonyl (C=O) groups is 1. The van der Waals surface area contributed by atoms with Crippen LogP contribution in [0.15, 0.2) is 24.4 Å². The van der Waals surface area contributed by atoms with Gasteiger partial charge in [-0.05, 0) is 31.4 Å². The number of rotatable bonds is 6. The summed E-state index contributed by atoms with van der Waals surface area (Å²) in [4.78, 5) is 11.6. The van der Waals surface area contributed by atoms with E-state index in [1.165, 1.54) is 0 Å². The van der Waals surface area contributed by atoms with Crippen molar-refractivity contribution in [2.45, 2.75) is 52.7 Å². The molecular formula is C14H26N2O2. The first-order valence-electron chi connectivity index (χ1n) is 6.29. The molecule has 0 aromatic rings. The van der Waals surface area contributed by atoms with Gasteiger partial charge in [-0.25, -0.2) is 0 Å². The van der Waals surface area contributed by atoms with E-state index in [9.17, 15) is 9.90 Å². The fourth-order valence-electron chi connectivity index (χ4n) is 1.24. The molecule has 0 heterocycles. The average molecular weight is 254 g/mol. The maximum atomic E-state index is 11.6. The molecule has 0 saturated carbocycles. The summed E-state index contributed by atoms with van der Waals surface area (Å²) in [5.41, 5.74) is 5.54. The third-order valence-electron chi connectivity index (χ3n) is 2.61. The number of nitrogens with two attached hydrogens (primary N) is 1. The van der Waals surface area contributed by atoms with E-state index in [0.29, 0.717) is 12.8 Å². The van der Waals surface area contributed by atoms with Crippen LogP contribution in [-0.2, 0) is 4.79 Å². The van der Waals surface area contributed by atoms with Crippen molar-refractivity contribution in [3.8, 4) is 0 Å². The van der Waals surface area contributed by atoms with Gasteiger partial charge in [-0.15, -0.1) is 0 Å². The Balaban J connectivity index is 3.99. The molecule has 4 heteroatoms. The molecule has 0 aliphatic heterocycles. The van der Waals surface area contributed by atoms with E-state index in [1.807, 2.05) is 39.8 Å². The second-order valence-corrected chi connectivity index (χ2v) is 5.45. The molecule has 0 aromatic heterocycles. The monoisotopic (exact) mass is 254 g/mol. The van der Waals surface area contributed by atoms with Crippen molar-refractivity contribution in [2.75, 3.05) is 0 Å². The van der Waals surface area contributed by atoms with Crippen molar-refractivity contribution in [3.05, 3.63) is 24.4 Å². The predicted molar refractivity (Wildman–Crippen MR) is 74.8 cm³/mol. The molecular weight excluding hydrogens is 228 g/mol. The SMILES string of the molecule is C/C=C\C[C@H](O)C/C=C\NC(=O)[C@@H](N)C(C)(C)C. The lowest BCUT2D eigenvalue weighted by Crippen LogP contribution is -2.47. The van der Waals surface area contributed by atoms with Crippen LogP contribution in [-0.4, -0.2) is 23.2 Å². The molecule has 4 N–H and O–H groups in total. The molecule has 0 saturated heterocycles. The van der Waals surface area contributed by atoms with E-state index in [4.69, 9.17) is 5.73 Å². The molecule has 0 aliphatic carbocycles. The number of amides is 1. The van der Waals surface area contributed by atoms with Gasteiger partial charge in [0.2, 0.25) is 5.91 Å². The Morgan fingerprint density at radius 1 is 1.33 bits per heavy atom. The van der Waals surface area contributed by atoms with E-state index >= 15 is 0 Å². The van der Waals surface area contributed by atoms with Crippen LogP contribution in [0.3, 0.4) is 0 Å². The second-order valence-electron chi connectivity index (χ2n) is 5.45. The number of nitrogens with one attached hydrogen (secondary N) is 1. The van der Waals surface area contributed by atoms with Crippen LogP contribution >= 0.6 is 0 Å². The summed E-state index contributed by atoms with van der Waals surface area (Å²) >= 11 is 0. The third kappa shape index (κ3) is 7.25. The fourth-order valence-corrected chi connectivity index (χ4v) is 1.24. The molecule has 2 atom stereocenters. The highest BCUT2D eigenvalue weighted by molar-refractivity contribution is 5.83. The van der Waals surface area contributed by atoms with E-state index < -0.39 is 12.1 Å². The standard InChI is InChI=1S/C14H26N2O2/c1-5-6-8-11(17)9-7-10-16-13(18)12(15)14(2,3)4/h5-7,10-12,17H,8-9,15H2,1-4H3,(H,16,18)/b6-5-,10-7-/t11-,12+/m0/s1. The van der Waals surface area contributed by atoms with Gasteiger partial charge in [-0.1, -0.05) is 39.0 Å². The van der Waals surface area contributed by atoms with Crippen molar-refractivity contribution in [1.29, 1.82) is 0 Å². The van der Waals surface area contributed by atoms with Crippen LogP contribution in [0.2, 0.25) is 0 Å².